The minimum atomic E-state index is -0.652. The molecule has 0 aliphatic carbocycles. The molecule has 0 fully saturated rings. The van der Waals surface area contributed by atoms with Gasteiger partial charge in [0, 0.05) is 17.8 Å². The third-order valence-electron chi connectivity index (χ3n) is 4.55. The number of aromatic nitrogens is 1. The summed E-state index contributed by atoms with van der Waals surface area (Å²) >= 11 is 0. The minimum Gasteiger partial charge on any atom is -0.465 e. The number of aryl methyl sites for hydroxylation is 1. The van der Waals surface area contributed by atoms with Crippen LogP contribution >= 0.6 is 0 Å². The molecule has 8 nitrogen and oxygen atoms in total. The van der Waals surface area contributed by atoms with Gasteiger partial charge in [0.25, 0.3) is 5.69 Å². The maximum absolute atomic E-state index is 12.6. The molecule has 0 unspecified atom stereocenters. The van der Waals surface area contributed by atoms with Crippen LogP contribution in [0.1, 0.15) is 21.6 Å². The summed E-state index contributed by atoms with van der Waals surface area (Å²) in [6.07, 6.45) is 1.51. The van der Waals surface area contributed by atoms with Crippen molar-refractivity contribution in [3.63, 3.8) is 0 Å². The Bertz CT molecular complexity index is 1190. The van der Waals surface area contributed by atoms with Crippen molar-refractivity contribution in [2.75, 3.05) is 7.11 Å². The molecule has 2 heterocycles. The molecule has 144 valence electrons. The number of nitrogens with zero attached hydrogens (tertiary/aromatic N) is 3. The van der Waals surface area contributed by atoms with Crippen molar-refractivity contribution < 1.29 is 19.2 Å². The second-order valence-corrected chi connectivity index (χ2v) is 6.26. The van der Waals surface area contributed by atoms with E-state index in [1.807, 2.05) is 6.07 Å². The number of rotatable bonds is 3. The Labute approximate surface area is 165 Å². The van der Waals surface area contributed by atoms with Gasteiger partial charge < -0.3 is 9.47 Å². The van der Waals surface area contributed by atoms with Crippen molar-refractivity contribution in [2.24, 2.45) is 4.99 Å². The molecule has 1 aromatic heterocycles. The zero-order valence-electron chi connectivity index (χ0n) is 15.6. The highest BCUT2D eigenvalue weighted by Crippen LogP contribution is 2.42. The van der Waals surface area contributed by atoms with Crippen molar-refractivity contribution >= 4 is 23.6 Å². The topological polar surface area (TPSA) is 104 Å². The van der Waals surface area contributed by atoms with Crippen molar-refractivity contribution in [1.29, 1.82) is 0 Å². The van der Waals surface area contributed by atoms with E-state index in [0.717, 1.165) is 0 Å². The number of nitro benzene ring substituents is 1. The van der Waals surface area contributed by atoms with E-state index in [4.69, 9.17) is 9.47 Å². The quantitative estimate of drug-likeness (QED) is 0.288. The number of carbonyl (C=O) groups is 1. The molecule has 8 heteroatoms. The number of fused-ring (bicyclic) bond motifs is 2. The molecule has 0 atom stereocenters. The normalized spacial score (nSPS) is 11.7. The third-order valence-corrected chi connectivity index (χ3v) is 4.55. The molecule has 3 aromatic rings. The van der Waals surface area contributed by atoms with Crippen LogP contribution in [0.3, 0.4) is 0 Å². The maximum atomic E-state index is 12.6. The number of para-hydroxylation sites is 3. The lowest BCUT2D eigenvalue weighted by atomic mass is 9.93. The first kappa shape index (κ1) is 18.3. The number of hydrogen-bond donors (Lipinski definition) is 0. The third kappa shape index (κ3) is 3.10. The highest BCUT2D eigenvalue weighted by molar-refractivity contribution is 6.07. The van der Waals surface area contributed by atoms with Gasteiger partial charge in [-0.25, -0.2) is 9.78 Å². The van der Waals surface area contributed by atoms with Crippen LogP contribution in [0.4, 0.5) is 11.4 Å². The van der Waals surface area contributed by atoms with E-state index in [9.17, 15) is 14.9 Å². The second kappa shape index (κ2) is 7.16. The summed E-state index contributed by atoms with van der Waals surface area (Å²) in [5.74, 6) is 0.0480. The van der Waals surface area contributed by atoms with Gasteiger partial charge in [0.2, 0.25) is 5.88 Å². The molecule has 0 N–H and O–H groups in total. The molecule has 2 aromatic carbocycles. The van der Waals surface area contributed by atoms with Crippen molar-refractivity contribution in [1.82, 2.24) is 4.98 Å². The standard InChI is InChI=1S/C21H15N3O5/c1-12-18(21(25)28-2)19(13-7-3-5-9-16(13)24(26)27)14-11-22-15-8-4-6-10-17(15)29-20(14)23-12/h3-11H,1-2H3. The lowest BCUT2D eigenvalue weighted by Crippen LogP contribution is -2.12. The number of benzene rings is 2. The monoisotopic (exact) mass is 389 g/mol. The summed E-state index contributed by atoms with van der Waals surface area (Å²) in [4.78, 5) is 32.6. The predicted molar refractivity (Wildman–Crippen MR) is 106 cm³/mol. The summed E-state index contributed by atoms with van der Waals surface area (Å²) in [6.45, 7) is 1.63. The first-order valence-electron chi connectivity index (χ1n) is 8.69. The molecular weight excluding hydrogens is 374 g/mol. The van der Waals surface area contributed by atoms with Crippen molar-refractivity contribution in [3.05, 3.63) is 75.5 Å². The average molecular weight is 389 g/mol. The van der Waals surface area contributed by atoms with E-state index >= 15 is 0 Å². The van der Waals surface area contributed by atoms with Gasteiger partial charge in [-0.2, -0.15) is 0 Å². The first-order valence-corrected chi connectivity index (χ1v) is 8.69. The molecule has 29 heavy (non-hydrogen) atoms. The SMILES string of the molecule is COC(=O)c1c(C)nc2c(c1-c1ccccc1[N+](=O)[O-])C=Nc1ccccc1O2. The Morgan fingerprint density at radius 3 is 2.62 bits per heavy atom. The molecule has 0 saturated carbocycles. The van der Waals surface area contributed by atoms with Gasteiger partial charge in [0.15, 0.2) is 5.75 Å². The zero-order valence-corrected chi connectivity index (χ0v) is 15.6. The van der Waals surface area contributed by atoms with Crippen LogP contribution in [0, 0.1) is 17.0 Å². The van der Waals surface area contributed by atoms with Crippen molar-refractivity contribution in [3.8, 4) is 22.8 Å². The fourth-order valence-corrected chi connectivity index (χ4v) is 3.25. The van der Waals surface area contributed by atoms with Crippen LogP contribution in [0.5, 0.6) is 11.6 Å². The van der Waals surface area contributed by atoms with E-state index in [1.54, 1.807) is 43.3 Å². The zero-order chi connectivity index (χ0) is 20.5. The maximum Gasteiger partial charge on any atom is 0.340 e. The molecule has 0 radical (unpaired) electrons. The fraction of sp³-hybridized carbons (Fsp3) is 0.0952. The molecule has 1 aliphatic rings. The molecule has 0 amide bonds. The Hall–Kier alpha value is -4.07. The van der Waals surface area contributed by atoms with Gasteiger partial charge in [0.05, 0.1) is 34.4 Å². The van der Waals surface area contributed by atoms with Crippen LogP contribution in [0.25, 0.3) is 11.1 Å². The number of esters is 1. The number of nitro groups is 1. The number of ether oxygens (including phenoxy) is 2. The Morgan fingerprint density at radius 1 is 1.14 bits per heavy atom. The average Bonchev–Trinajstić information content (AvgIpc) is 2.91. The molecular formula is C21H15N3O5. The van der Waals surface area contributed by atoms with Crippen LogP contribution < -0.4 is 4.74 Å². The summed E-state index contributed by atoms with van der Waals surface area (Å²) < 4.78 is 10.9. The van der Waals surface area contributed by atoms with Gasteiger partial charge in [-0.15, -0.1) is 0 Å². The fourth-order valence-electron chi connectivity index (χ4n) is 3.25. The molecule has 1 aliphatic heterocycles. The molecule has 0 spiro atoms. The van der Waals surface area contributed by atoms with Gasteiger partial charge >= 0.3 is 5.97 Å². The summed E-state index contributed by atoms with van der Waals surface area (Å²) in [6, 6.07) is 13.3. The van der Waals surface area contributed by atoms with E-state index in [0.29, 0.717) is 28.3 Å². The summed E-state index contributed by atoms with van der Waals surface area (Å²) in [5, 5.41) is 11.7. The molecule has 0 saturated heterocycles. The summed E-state index contributed by atoms with van der Waals surface area (Å²) in [5.41, 5.74) is 1.79. The number of aliphatic imine (C=N–C) groups is 1. The molecule has 4 rings (SSSR count). The predicted octanol–water partition coefficient (Wildman–Crippen LogP) is 4.61. The minimum absolute atomic E-state index is 0.126. The number of methoxy groups -OCH3 is 1. The summed E-state index contributed by atoms with van der Waals surface area (Å²) in [7, 11) is 1.25. The highest BCUT2D eigenvalue weighted by Gasteiger charge is 2.29. The largest absolute Gasteiger partial charge is 0.465 e. The van der Waals surface area contributed by atoms with Gasteiger partial charge in [0.1, 0.15) is 5.69 Å². The smallest absolute Gasteiger partial charge is 0.340 e. The number of carbonyl (C=O) groups excluding carboxylic acids is 1. The van der Waals surface area contributed by atoms with Gasteiger partial charge in [-0.05, 0) is 25.1 Å². The van der Waals surface area contributed by atoms with Gasteiger partial charge in [-0.3, -0.25) is 15.1 Å². The van der Waals surface area contributed by atoms with Crippen molar-refractivity contribution in [2.45, 2.75) is 6.92 Å². The second-order valence-electron chi connectivity index (χ2n) is 6.26. The van der Waals surface area contributed by atoms with E-state index in [1.165, 1.54) is 19.4 Å². The van der Waals surface area contributed by atoms with E-state index in [2.05, 4.69) is 9.98 Å². The van der Waals surface area contributed by atoms with Gasteiger partial charge in [-0.1, -0.05) is 24.3 Å². The van der Waals surface area contributed by atoms with Crippen LogP contribution in [0.15, 0.2) is 53.5 Å². The lowest BCUT2D eigenvalue weighted by molar-refractivity contribution is -0.384. The van der Waals surface area contributed by atoms with Crippen LogP contribution in [0.2, 0.25) is 0 Å². The van der Waals surface area contributed by atoms with E-state index in [-0.39, 0.29) is 22.7 Å². The highest BCUT2D eigenvalue weighted by atomic mass is 16.6. The van der Waals surface area contributed by atoms with E-state index < -0.39 is 10.9 Å². The first-order chi connectivity index (χ1) is 14.0. The Morgan fingerprint density at radius 2 is 1.86 bits per heavy atom. The molecule has 0 bridgehead atoms. The number of hydrogen-bond acceptors (Lipinski definition) is 7. The lowest BCUT2D eigenvalue weighted by Gasteiger charge is -2.16. The van der Waals surface area contributed by atoms with Crippen LogP contribution in [-0.4, -0.2) is 29.2 Å². The Kier molecular flexibility index (Phi) is 4.52. The van der Waals surface area contributed by atoms with Crippen LogP contribution in [-0.2, 0) is 4.74 Å². The Balaban J connectivity index is 2.09. The number of pyridine rings is 1.